The highest BCUT2D eigenvalue weighted by Crippen LogP contribution is 2.27. The lowest BCUT2D eigenvalue weighted by Gasteiger charge is -2.09. The van der Waals surface area contributed by atoms with E-state index in [1.807, 2.05) is 23.6 Å². The number of aromatic nitrogens is 2. The molecule has 0 fully saturated rings. The van der Waals surface area contributed by atoms with Crippen molar-refractivity contribution in [3.8, 4) is 0 Å². The van der Waals surface area contributed by atoms with Gasteiger partial charge < -0.3 is 5.32 Å². The number of amides is 1. The molecule has 0 saturated heterocycles. The zero-order valence-corrected chi connectivity index (χ0v) is 14.5. The van der Waals surface area contributed by atoms with E-state index in [9.17, 15) is 4.79 Å². The SMILES string of the molecule is Cc1nc2c(NC(=O)c3c(Cl)cccc3Cl)cccn2c1Br. The molecular weight excluding hydrogens is 389 g/mol. The number of nitrogens with one attached hydrogen (secondary N) is 1. The summed E-state index contributed by atoms with van der Waals surface area (Å²) in [6, 6.07) is 8.54. The molecule has 0 aliphatic heterocycles. The molecule has 0 bridgehead atoms. The Morgan fingerprint density at radius 3 is 2.59 bits per heavy atom. The normalized spacial score (nSPS) is 10.9. The minimum absolute atomic E-state index is 0.246. The predicted octanol–water partition coefficient (Wildman–Crippen LogP) is 4.96. The van der Waals surface area contributed by atoms with Gasteiger partial charge in [-0.15, -0.1) is 0 Å². The summed E-state index contributed by atoms with van der Waals surface area (Å²) in [4.78, 5) is 16.9. The van der Waals surface area contributed by atoms with Crippen molar-refractivity contribution in [1.29, 1.82) is 0 Å². The van der Waals surface area contributed by atoms with Crippen molar-refractivity contribution in [2.45, 2.75) is 6.92 Å². The largest absolute Gasteiger partial charge is 0.319 e. The maximum Gasteiger partial charge on any atom is 0.258 e. The van der Waals surface area contributed by atoms with Crippen LogP contribution in [0.2, 0.25) is 10.0 Å². The first-order valence-electron chi connectivity index (χ1n) is 6.37. The number of benzene rings is 1. The van der Waals surface area contributed by atoms with Gasteiger partial charge in [-0.2, -0.15) is 0 Å². The van der Waals surface area contributed by atoms with Crippen LogP contribution in [0.1, 0.15) is 16.1 Å². The third-order valence-electron chi connectivity index (χ3n) is 3.19. The average molecular weight is 399 g/mol. The van der Waals surface area contributed by atoms with Crippen LogP contribution in [-0.2, 0) is 0 Å². The highest BCUT2D eigenvalue weighted by Gasteiger charge is 2.17. The van der Waals surface area contributed by atoms with Gasteiger partial charge in [0.15, 0.2) is 5.65 Å². The maximum atomic E-state index is 12.5. The number of carbonyl (C=O) groups excluding carboxylic acids is 1. The third kappa shape index (κ3) is 2.60. The van der Waals surface area contributed by atoms with E-state index < -0.39 is 0 Å². The Bertz CT molecular complexity index is 872. The van der Waals surface area contributed by atoms with Crippen molar-refractivity contribution >= 4 is 56.4 Å². The van der Waals surface area contributed by atoms with Crippen molar-refractivity contribution in [3.05, 3.63) is 62.4 Å². The highest BCUT2D eigenvalue weighted by atomic mass is 79.9. The number of carbonyl (C=O) groups is 1. The van der Waals surface area contributed by atoms with Crippen LogP contribution in [-0.4, -0.2) is 15.3 Å². The van der Waals surface area contributed by atoms with Crippen LogP contribution in [0.15, 0.2) is 41.1 Å². The second-order valence-corrected chi connectivity index (χ2v) is 6.22. The molecule has 2 aromatic heterocycles. The summed E-state index contributed by atoms with van der Waals surface area (Å²) in [5.41, 5.74) is 2.30. The monoisotopic (exact) mass is 397 g/mol. The average Bonchev–Trinajstić information content (AvgIpc) is 2.76. The summed E-state index contributed by atoms with van der Waals surface area (Å²) < 4.78 is 2.69. The first-order chi connectivity index (χ1) is 10.5. The van der Waals surface area contributed by atoms with E-state index in [-0.39, 0.29) is 11.5 Å². The van der Waals surface area contributed by atoms with Crippen LogP contribution in [0.3, 0.4) is 0 Å². The van der Waals surface area contributed by atoms with Crippen LogP contribution >= 0.6 is 39.1 Å². The van der Waals surface area contributed by atoms with Gasteiger partial charge in [-0.05, 0) is 47.1 Å². The first kappa shape index (κ1) is 15.3. The van der Waals surface area contributed by atoms with Gasteiger partial charge in [0.05, 0.1) is 27.0 Å². The molecule has 2 heterocycles. The summed E-state index contributed by atoms with van der Waals surface area (Å²) >= 11 is 15.6. The predicted molar refractivity (Wildman–Crippen MR) is 92.0 cm³/mol. The molecule has 0 spiro atoms. The number of halogens is 3. The zero-order valence-electron chi connectivity index (χ0n) is 11.4. The topological polar surface area (TPSA) is 46.4 Å². The van der Waals surface area contributed by atoms with Gasteiger partial charge in [-0.1, -0.05) is 29.3 Å². The number of imidazole rings is 1. The van der Waals surface area contributed by atoms with Crippen molar-refractivity contribution in [1.82, 2.24) is 9.38 Å². The van der Waals surface area contributed by atoms with Crippen LogP contribution in [0.5, 0.6) is 0 Å². The van der Waals surface area contributed by atoms with E-state index in [0.717, 1.165) is 10.3 Å². The molecule has 0 atom stereocenters. The molecule has 1 amide bonds. The second kappa shape index (κ2) is 5.91. The number of nitrogens with zero attached hydrogens (tertiary/aromatic N) is 2. The minimum atomic E-state index is -0.375. The van der Waals surface area contributed by atoms with Gasteiger partial charge in [0.2, 0.25) is 0 Å². The Kier molecular flexibility index (Phi) is 4.12. The molecule has 0 radical (unpaired) electrons. The van der Waals surface area contributed by atoms with Crippen LogP contribution < -0.4 is 5.32 Å². The second-order valence-electron chi connectivity index (χ2n) is 4.65. The standard InChI is InChI=1S/C15H10BrCl2N3O/c1-8-13(16)21-7-3-6-11(14(21)19-8)20-15(22)12-9(17)4-2-5-10(12)18/h2-7H,1H3,(H,20,22). The van der Waals surface area contributed by atoms with Crippen molar-refractivity contribution in [2.75, 3.05) is 5.32 Å². The number of pyridine rings is 1. The molecule has 1 N–H and O–H groups in total. The van der Waals surface area contributed by atoms with E-state index in [4.69, 9.17) is 23.2 Å². The fourth-order valence-corrected chi connectivity index (χ4v) is 3.09. The Hall–Kier alpha value is -1.56. The van der Waals surface area contributed by atoms with Gasteiger partial charge in [-0.3, -0.25) is 9.20 Å². The summed E-state index contributed by atoms with van der Waals surface area (Å²) in [6.45, 7) is 1.88. The van der Waals surface area contributed by atoms with Gasteiger partial charge in [0, 0.05) is 6.20 Å². The van der Waals surface area contributed by atoms with Gasteiger partial charge in [0.1, 0.15) is 4.60 Å². The zero-order chi connectivity index (χ0) is 15.9. The van der Waals surface area contributed by atoms with Crippen molar-refractivity contribution in [2.24, 2.45) is 0 Å². The lowest BCUT2D eigenvalue weighted by molar-refractivity contribution is 0.102. The van der Waals surface area contributed by atoms with E-state index in [0.29, 0.717) is 21.4 Å². The lowest BCUT2D eigenvalue weighted by atomic mass is 10.2. The van der Waals surface area contributed by atoms with E-state index in [1.54, 1.807) is 24.3 Å². The molecule has 3 aromatic rings. The first-order valence-corrected chi connectivity index (χ1v) is 7.92. The summed E-state index contributed by atoms with van der Waals surface area (Å²) in [7, 11) is 0. The molecule has 0 aliphatic rings. The molecule has 0 aliphatic carbocycles. The third-order valence-corrected chi connectivity index (χ3v) is 4.77. The van der Waals surface area contributed by atoms with E-state index in [1.165, 1.54) is 0 Å². The van der Waals surface area contributed by atoms with Gasteiger partial charge in [-0.25, -0.2) is 4.98 Å². The minimum Gasteiger partial charge on any atom is -0.319 e. The van der Waals surface area contributed by atoms with Crippen molar-refractivity contribution < 1.29 is 4.79 Å². The fraction of sp³-hybridized carbons (Fsp3) is 0.0667. The fourth-order valence-electron chi connectivity index (χ4n) is 2.15. The number of aryl methyl sites for hydroxylation is 1. The Morgan fingerprint density at radius 1 is 1.23 bits per heavy atom. The molecule has 4 nitrogen and oxygen atoms in total. The quantitative estimate of drug-likeness (QED) is 0.662. The van der Waals surface area contributed by atoms with Crippen LogP contribution in [0.4, 0.5) is 5.69 Å². The Labute approximate surface area is 145 Å². The smallest absolute Gasteiger partial charge is 0.258 e. The maximum absolute atomic E-state index is 12.5. The summed E-state index contributed by atoms with van der Waals surface area (Å²) in [5.74, 6) is -0.375. The molecule has 3 rings (SSSR count). The summed E-state index contributed by atoms with van der Waals surface area (Å²) in [5, 5.41) is 3.42. The number of rotatable bonds is 2. The molecule has 0 unspecified atom stereocenters. The van der Waals surface area contributed by atoms with E-state index in [2.05, 4.69) is 26.2 Å². The molecule has 7 heteroatoms. The number of hydrogen-bond acceptors (Lipinski definition) is 2. The van der Waals surface area contributed by atoms with Crippen LogP contribution in [0.25, 0.3) is 5.65 Å². The number of hydrogen-bond donors (Lipinski definition) is 1. The number of fused-ring (bicyclic) bond motifs is 1. The molecular formula is C15H10BrCl2N3O. The molecule has 112 valence electrons. The number of anilines is 1. The van der Waals surface area contributed by atoms with E-state index >= 15 is 0 Å². The van der Waals surface area contributed by atoms with Crippen LogP contribution in [0, 0.1) is 6.92 Å². The van der Waals surface area contributed by atoms with Gasteiger partial charge >= 0.3 is 0 Å². The molecule has 22 heavy (non-hydrogen) atoms. The highest BCUT2D eigenvalue weighted by molar-refractivity contribution is 9.10. The lowest BCUT2D eigenvalue weighted by Crippen LogP contribution is -2.14. The van der Waals surface area contributed by atoms with Gasteiger partial charge in [0.25, 0.3) is 5.91 Å². The summed E-state index contributed by atoms with van der Waals surface area (Å²) in [6.07, 6.45) is 1.86. The Balaban J connectivity index is 2.04. The molecule has 1 aromatic carbocycles. The molecule has 0 saturated carbocycles. The van der Waals surface area contributed by atoms with Crippen molar-refractivity contribution in [3.63, 3.8) is 0 Å². The Morgan fingerprint density at radius 2 is 1.91 bits per heavy atom.